The van der Waals surface area contributed by atoms with Crippen molar-refractivity contribution in [3.8, 4) is 11.1 Å². The topological polar surface area (TPSA) is 52.0 Å². The van der Waals surface area contributed by atoms with Gasteiger partial charge in [-0.25, -0.2) is 0 Å². The molecule has 0 saturated heterocycles. The highest BCUT2D eigenvalue weighted by molar-refractivity contribution is 6.33. The third-order valence-corrected chi connectivity index (χ3v) is 5.05. The SMILES string of the molecule is CC1(C)CCCCC1c1noc(N)c1-c1ccccc1Cl. The van der Waals surface area contributed by atoms with Gasteiger partial charge in [-0.3, -0.25) is 0 Å². The third kappa shape index (κ3) is 2.55. The van der Waals surface area contributed by atoms with Crippen LogP contribution in [0.4, 0.5) is 5.88 Å². The Bertz CT molecular complexity index is 648. The fourth-order valence-corrected chi connectivity index (χ4v) is 3.72. The lowest BCUT2D eigenvalue weighted by Crippen LogP contribution is -2.26. The predicted molar refractivity (Wildman–Crippen MR) is 86.4 cm³/mol. The Balaban J connectivity index is 2.11. The molecule has 1 aliphatic carbocycles. The maximum absolute atomic E-state index is 6.34. The summed E-state index contributed by atoms with van der Waals surface area (Å²) in [6, 6.07) is 7.73. The van der Waals surface area contributed by atoms with Gasteiger partial charge in [0.25, 0.3) is 0 Å². The molecule has 1 fully saturated rings. The monoisotopic (exact) mass is 304 g/mol. The van der Waals surface area contributed by atoms with Crippen molar-refractivity contribution in [1.82, 2.24) is 5.16 Å². The first-order valence-electron chi connectivity index (χ1n) is 7.50. The van der Waals surface area contributed by atoms with Crippen LogP contribution in [0.3, 0.4) is 0 Å². The maximum Gasteiger partial charge on any atom is 0.230 e. The molecular formula is C17H21ClN2O. The van der Waals surface area contributed by atoms with Crippen LogP contribution in [0.25, 0.3) is 11.1 Å². The van der Waals surface area contributed by atoms with E-state index in [1.807, 2.05) is 24.3 Å². The third-order valence-electron chi connectivity index (χ3n) is 4.73. The Hall–Kier alpha value is -1.48. The molecule has 0 amide bonds. The zero-order valence-electron chi connectivity index (χ0n) is 12.5. The maximum atomic E-state index is 6.34. The fourth-order valence-electron chi connectivity index (χ4n) is 3.49. The van der Waals surface area contributed by atoms with Crippen LogP contribution in [0.5, 0.6) is 0 Å². The number of rotatable bonds is 2. The van der Waals surface area contributed by atoms with Gasteiger partial charge in [0.2, 0.25) is 5.88 Å². The Morgan fingerprint density at radius 1 is 1.29 bits per heavy atom. The highest BCUT2D eigenvalue weighted by atomic mass is 35.5. The lowest BCUT2D eigenvalue weighted by atomic mass is 9.67. The van der Waals surface area contributed by atoms with E-state index in [1.165, 1.54) is 19.3 Å². The second-order valence-electron chi connectivity index (χ2n) is 6.57. The van der Waals surface area contributed by atoms with Gasteiger partial charge in [-0.05, 0) is 24.3 Å². The number of nitrogens with two attached hydrogens (primary N) is 1. The fraction of sp³-hybridized carbons (Fsp3) is 0.471. The van der Waals surface area contributed by atoms with E-state index in [0.29, 0.717) is 16.8 Å². The molecule has 2 aromatic rings. The first-order chi connectivity index (χ1) is 10.0. The second-order valence-corrected chi connectivity index (χ2v) is 6.98. The van der Waals surface area contributed by atoms with Crippen LogP contribution in [0, 0.1) is 5.41 Å². The normalized spacial score (nSPS) is 21.4. The molecule has 2 N–H and O–H groups in total. The highest BCUT2D eigenvalue weighted by Crippen LogP contribution is 2.50. The molecule has 3 nitrogen and oxygen atoms in total. The minimum atomic E-state index is 0.206. The van der Waals surface area contributed by atoms with E-state index in [-0.39, 0.29) is 5.41 Å². The lowest BCUT2D eigenvalue weighted by molar-refractivity contribution is 0.192. The molecule has 1 aliphatic rings. The van der Waals surface area contributed by atoms with Gasteiger partial charge >= 0.3 is 0 Å². The van der Waals surface area contributed by atoms with Gasteiger partial charge in [-0.15, -0.1) is 0 Å². The number of anilines is 1. The Kier molecular flexibility index (Phi) is 3.70. The van der Waals surface area contributed by atoms with Crippen LogP contribution < -0.4 is 5.73 Å². The van der Waals surface area contributed by atoms with Crippen molar-refractivity contribution in [2.75, 3.05) is 5.73 Å². The Morgan fingerprint density at radius 3 is 2.76 bits per heavy atom. The van der Waals surface area contributed by atoms with E-state index in [1.54, 1.807) is 0 Å². The molecule has 1 unspecified atom stereocenters. The van der Waals surface area contributed by atoms with Crippen LogP contribution in [0.15, 0.2) is 28.8 Å². The number of aromatic nitrogens is 1. The average molecular weight is 305 g/mol. The number of hydrogen-bond donors (Lipinski definition) is 1. The number of nitrogens with zero attached hydrogens (tertiary/aromatic N) is 1. The summed E-state index contributed by atoms with van der Waals surface area (Å²) in [5.74, 6) is 0.720. The van der Waals surface area contributed by atoms with E-state index in [9.17, 15) is 0 Å². The molecule has 0 spiro atoms. The summed E-state index contributed by atoms with van der Waals surface area (Å²) in [4.78, 5) is 0. The molecule has 1 atom stereocenters. The Morgan fingerprint density at radius 2 is 2.05 bits per heavy atom. The van der Waals surface area contributed by atoms with Crippen LogP contribution in [0.1, 0.15) is 51.1 Å². The molecule has 4 heteroatoms. The van der Waals surface area contributed by atoms with Crippen LogP contribution in [-0.2, 0) is 0 Å². The van der Waals surface area contributed by atoms with E-state index < -0.39 is 0 Å². The summed E-state index contributed by atoms with van der Waals surface area (Å²) in [6.07, 6.45) is 4.82. The lowest BCUT2D eigenvalue weighted by Gasteiger charge is -2.37. The van der Waals surface area contributed by atoms with Gasteiger partial charge in [0.1, 0.15) is 0 Å². The quantitative estimate of drug-likeness (QED) is 0.823. The number of nitrogen functional groups attached to an aromatic ring is 1. The average Bonchev–Trinajstić information content (AvgIpc) is 2.80. The summed E-state index contributed by atoms with van der Waals surface area (Å²) in [6.45, 7) is 4.61. The summed E-state index contributed by atoms with van der Waals surface area (Å²) < 4.78 is 5.32. The zero-order chi connectivity index (χ0) is 15.0. The predicted octanol–water partition coefficient (Wildman–Crippen LogP) is 5.26. The van der Waals surface area contributed by atoms with E-state index in [0.717, 1.165) is 23.2 Å². The summed E-state index contributed by atoms with van der Waals surface area (Å²) in [5.41, 5.74) is 9.01. The minimum Gasteiger partial charge on any atom is -0.367 e. The molecule has 1 heterocycles. The smallest absolute Gasteiger partial charge is 0.230 e. The zero-order valence-corrected chi connectivity index (χ0v) is 13.3. The standard InChI is InChI=1S/C17H21ClN2O/c1-17(2)10-6-5-8-12(17)15-14(16(19)21-20-15)11-7-3-4-9-13(11)18/h3-4,7,9,12H,5-6,8,10,19H2,1-2H3. The van der Waals surface area contributed by atoms with Gasteiger partial charge in [-0.1, -0.05) is 61.6 Å². The van der Waals surface area contributed by atoms with E-state index in [2.05, 4.69) is 19.0 Å². The molecule has 1 aromatic heterocycles. The highest BCUT2D eigenvalue weighted by Gasteiger charge is 2.37. The Labute approximate surface area is 130 Å². The van der Waals surface area contributed by atoms with Crippen molar-refractivity contribution >= 4 is 17.5 Å². The molecule has 0 bridgehead atoms. The molecule has 0 aliphatic heterocycles. The van der Waals surface area contributed by atoms with Gasteiger partial charge < -0.3 is 10.3 Å². The van der Waals surface area contributed by atoms with Crippen molar-refractivity contribution in [3.05, 3.63) is 35.0 Å². The molecule has 21 heavy (non-hydrogen) atoms. The van der Waals surface area contributed by atoms with Crippen molar-refractivity contribution in [2.24, 2.45) is 5.41 Å². The molecular weight excluding hydrogens is 284 g/mol. The number of hydrogen-bond acceptors (Lipinski definition) is 3. The molecule has 1 aromatic carbocycles. The number of halogens is 1. The first-order valence-corrected chi connectivity index (χ1v) is 7.88. The van der Waals surface area contributed by atoms with Crippen LogP contribution in [-0.4, -0.2) is 5.16 Å². The van der Waals surface area contributed by atoms with Gasteiger partial charge in [0.15, 0.2) is 0 Å². The van der Waals surface area contributed by atoms with Crippen LogP contribution >= 0.6 is 11.6 Å². The van der Waals surface area contributed by atoms with Gasteiger partial charge in [0.05, 0.1) is 11.3 Å². The van der Waals surface area contributed by atoms with Crippen molar-refractivity contribution in [3.63, 3.8) is 0 Å². The van der Waals surface area contributed by atoms with Crippen molar-refractivity contribution in [1.29, 1.82) is 0 Å². The van der Waals surface area contributed by atoms with E-state index in [4.69, 9.17) is 21.9 Å². The molecule has 1 saturated carbocycles. The van der Waals surface area contributed by atoms with Gasteiger partial charge in [-0.2, -0.15) is 0 Å². The number of benzene rings is 1. The van der Waals surface area contributed by atoms with E-state index >= 15 is 0 Å². The largest absolute Gasteiger partial charge is 0.367 e. The summed E-state index contributed by atoms with van der Waals surface area (Å²) in [7, 11) is 0. The summed E-state index contributed by atoms with van der Waals surface area (Å²) >= 11 is 6.34. The molecule has 0 radical (unpaired) electrons. The molecule has 3 rings (SSSR count). The molecule has 112 valence electrons. The van der Waals surface area contributed by atoms with Gasteiger partial charge in [0, 0.05) is 16.5 Å². The minimum absolute atomic E-state index is 0.206. The van der Waals surface area contributed by atoms with Crippen LogP contribution in [0.2, 0.25) is 5.02 Å². The second kappa shape index (κ2) is 5.38. The van der Waals surface area contributed by atoms with Crippen molar-refractivity contribution in [2.45, 2.75) is 45.4 Å². The van der Waals surface area contributed by atoms with Crippen molar-refractivity contribution < 1.29 is 4.52 Å². The summed E-state index contributed by atoms with van der Waals surface area (Å²) in [5, 5.41) is 4.98. The first kappa shape index (κ1) is 14.5.